The molecule has 0 bridgehead atoms. The minimum absolute atomic E-state index is 0.121. The molecular formula is C12H20N2. The van der Waals surface area contributed by atoms with Gasteiger partial charge in [0.05, 0.1) is 12.1 Å². The van der Waals surface area contributed by atoms with E-state index in [1.165, 1.54) is 0 Å². The molecule has 0 radical (unpaired) electrons. The highest BCUT2D eigenvalue weighted by atomic mass is 14.3. The zero-order chi connectivity index (χ0) is 11.0. The van der Waals surface area contributed by atoms with Crippen LogP contribution in [0.2, 0.25) is 0 Å². The SMILES string of the molecule is CCC(C#N)CC(CC)CC(C)C#N. The highest BCUT2D eigenvalue weighted by Crippen LogP contribution is 2.24. The summed E-state index contributed by atoms with van der Waals surface area (Å²) < 4.78 is 0. The van der Waals surface area contributed by atoms with Crippen molar-refractivity contribution >= 4 is 0 Å². The zero-order valence-electron chi connectivity index (χ0n) is 9.45. The van der Waals surface area contributed by atoms with E-state index in [-0.39, 0.29) is 11.8 Å². The third-order valence-corrected chi connectivity index (χ3v) is 2.78. The maximum atomic E-state index is 8.85. The van der Waals surface area contributed by atoms with Crippen LogP contribution in [0.3, 0.4) is 0 Å². The smallest absolute Gasteiger partial charge is 0.0655 e. The summed E-state index contributed by atoms with van der Waals surface area (Å²) in [5.41, 5.74) is 0. The summed E-state index contributed by atoms with van der Waals surface area (Å²) in [6.45, 7) is 6.14. The molecule has 0 saturated heterocycles. The first-order chi connectivity index (χ1) is 6.67. The van der Waals surface area contributed by atoms with Gasteiger partial charge in [-0.1, -0.05) is 20.3 Å². The van der Waals surface area contributed by atoms with Crippen LogP contribution in [0.25, 0.3) is 0 Å². The van der Waals surface area contributed by atoms with Crippen LogP contribution in [0.5, 0.6) is 0 Å². The van der Waals surface area contributed by atoms with Gasteiger partial charge >= 0.3 is 0 Å². The molecule has 3 atom stereocenters. The van der Waals surface area contributed by atoms with Gasteiger partial charge in [0.1, 0.15) is 0 Å². The average molecular weight is 192 g/mol. The number of nitriles is 2. The Hall–Kier alpha value is -1.02. The molecule has 0 fully saturated rings. The van der Waals surface area contributed by atoms with Crippen LogP contribution in [-0.4, -0.2) is 0 Å². The molecule has 0 aliphatic heterocycles. The van der Waals surface area contributed by atoms with E-state index in [0.717, 1.165) is 25.7 Å². The van der Waals surface area contributed by atoms with Crippen LogP contribution in [-0.2, 0) is 0 Å². The quantitative estimate of drug-likeness (QED) is 0.646. The van der Waals surface area contributed by atoms with Crippen molar-refractivity contribution in [2.45, 2.75) is 46.5 Å². The molecule has 0 heterocycles. The largest absolute Gasteiger partial charge is 0.198 e. The molecule has 0 aromatic rings. The third-order valence-electron chi connectivity index (χ3n) is 2.78. The molecule has 3 unspecified atom stereocenters. The van der Waals surface area contributed by atoms with Crippen molar-refractivity contribution in [3.8, 4) is 12.1 Å². The van der Waals surface area contributed by atoms with Crippen molar-refractivity contribution in [2.24, 2.45) is 17.8 Å². The summed E-state index contributed by atoms with van der Waals surface area (Å²) in [4.78, 5) is 0. The zero-order valence-corrected chi connectivity index (χ0v) is 9.45. The highest BCUT2D eigenvalue weighted by Gasteiger charge is 2.15. The summed E-state index contributed by atoms with van der Waals surface area (Å²) in [5.74, 6) is 0.830. The van der Waals surface area contributed by atoms with Crippen molar-refractivity contribution < 1.29 is 0 Å². The van der Waals surface area contributed by atoms with Gasteiger partial charge in [0.2, 0.25) is 0 Å². The summed E-state index contributed by atoms with van der Waals surface area (Å²) >= 11 is 0. The molecular weight excluding hydrogens is 172 g/mol. The second-order valence-electron chi connectivity index (χ2n) is 4.01. The van der Waals surface area contributed by atoms with E-state index in [2.05, 4.69) is 19.1 Å². The van der Waals surface area contributed by atoms with Crippen molar-refractivity contribution in [2.75, 3.05) is 0 Å². The van der Waals surface area contributed by atoms with E-state index >= 15 is 0 Å². The van der Waals surface area contributed by atoms with E-state index in [1.807, 2.05) is 13.8 Å². The van der Waals surface area contributed by atoms with Gasteiger partial charge in [-0.05, 0) is 32.1 Å². The number of hydrogen-bond donors (Lipinski definition) is 0. The maximum absolute atomic E-state index is 8.85. The Kier molecular flexibility index (Phi) is 6.85. The summed E-state index contributed by atoms with van der Waals surface area (Å²) in [6.07, 6.45) is 3.89. The topological polar surface area (TPSA) is 47.6 Å². The van der Waals surface area contributed by atoms with Gasteiger partial charge in [-0.2, -0.15) is 10.5 Å². The van der Waals surface area contributed by atoms with E-state index in [0.29, 0.717) is 5.92 Å². The Morgan fingerprint density at radius 3 is 2.00 bits per heavy atom. The van der Waals surface area contributed by atoms with Gasteiger partial charge in [-0.15, -0.1) is 0 Å². The summed E-state index contributed by atoms with van der Waals surface area (Å²) in [5, 5.41) is 17.6. The molecule has 0 spiro atoms. The highest BCUT2D eigenvalue weighted by molar-refractivity contribution is 4.86. The molecule has 0 aromatic carbocycles. The number of hydrogen-bond acceptors (Lipinski definition) is 2. The molecule has 0 aliphatic rings. The van der Waals surface area contributed by atoms with Gasteiger partial charge in [0.15, 0.2) is 0 Å². The fraction of sp³-hybridized carbons (Fsp3) is 0.833. The minimum atomic E-state index is 0.121. The molecule has 0 aliphatic carbocycles. The van der Waals surface area contributed by atoms with Crippen LogP contribution in [0.15, 0.2) is 0 Å². The van der Waals surface area contributed by atoms with E-state index < -0.39 is 0 Å². The minimum Gasteiger partial charge on any atom is -0.198 e. The lowest BCUT2D eigenvalue weighted by atomic mass is 9.86. The first-order valence-corrected chi connectivity index (χ1v) is 5.47. The van der Waals surface area contributed by atoms with Crippen LogP contribution < -0.4 is 0 Å². The first kappa shape index (κ1) is 13.0. The molecule has 0 aromatic heterocycles. The Bertz CT molecular complexity index is 221. The number of nitrogens with zero attached hydrogens (tertiary/aromatic N) is 2. The van der Waals surface area contributed by atoms with Gasteiger partial charge in [-0.3, -0.25) is 0 Å². The lowest BCUT2D eigenvalue weighted by Gasteiger charge is -2.17. The summed E-state index contributed by atoms with van der Waals surface area (Å²) in [6, 6.07) is 4.58. The van der Waals surface area contributed by atoms with E-state index in [1.54, 1.807) is 0 Å². The fourth-order valence-electron chi connectivity index (χ4n) is 1.70. The maximum Gasteiger partial charge on any atom is 0.0655 e. The molecule has 2 heteroatoms. The molecule has 14 heavy (non-hydrogen) atoms. The van der Waals surface area contributed by atoms with E-state index in [9.17, 15) is 0 Å². The third kappa shape index (κ3) is 4.87. The monoisotopic (exact) mass is 192 g/mol. The molecule has 2 nitrogen and oxygen atoms in total. The van der Waals surface area contributed by atoms with Crippen LogP contribution in [0.1, 0.15) is 46.5 Å². The predicted molar refractivity (Wildman–Crippen MR) is 57.2 cm³/mol. The lowest BCUT2D eigenvalue weighted by molar-refractivity contribution is 0.354. The Morgan fingerprint density at radius 2 is 1.64 bits per heavy atom. The van der Waals surface area contributed by atoms with Crippen molar-refractivity contribution in [3.63, 3.8) is 0 Å². The molecule has 0 rings (SSSR count). The molecule has 78 valence electrons. The fourth-order valence-corrected chi connectivity index (χ4v) is 1.70. The van der Waals surface area contributed by atoms with Crippen molar-refractivity contribution in [3.05, 3.63) is 0 Å². The van der Waals surface area contributed by atoms with Gasteiger partial charge in [0, 0.05) is 11.8 Å². The Labute approximate surface area is 87.5 Å². The lowest BCUT2D eigenvalue weighted by Crippen LogP contribution is -2.09. The second-order valence-corrected chi connectivity index (χ2v) is 4.01. The normalized spacial score (nSPS) is 16.4. The van der Waals surface area contributed by atoms with Crippen LogP contribution >= 0.6 is 0 Å². The van der Waals surface area contributed by atoms with Crippen LogP contribution in [0, 0.1) is 40.4 Å². The number of rotatable bonds is 6. The van der Waals surface area contributed by atoms with Crippen molar-refractivity contribution in [1.29, 1.82) is 10.5 Å². The van der Waals surface area contributed by atoms with E-state index in [4.69, 9.17) is 10.5 Å². The van der Waals surface area contributed by atoms with Gasteiger partial charge in [-0.25, -0.2) is 0 Å². The van der Waals surface area contributed by atoms with Crippen molar-refractivity contribution in [1.82, 2.24) is 0 Å². The Morgan fingerprint density at radius 1 is 1.00 bits per heavy atom. The standard InChI is InChI=1S/C12H20N2/c1-4-11(6-10(3)8-13)7-12(5-2)9-14/h10-12H,4-7H2,1-3H3. The molecule has 0 N–H and O–H groups in total. The first-order valence-electron chi connectivity index (χ1n) is 5.47. The van der Waals surface area contributed by atoms with Gasteiger partial charge in [0.25, 0.3) is 0 Å². The Balaban J connectivity index is 4.04. The predicted octanol–water partition coefficient (Wildman–Crippen LogP) is 3.50. The molecule has 0 saturated carbocycles. The van der Waals surface area contributed by atoms with Gasteiger partial charge < -0.3 is 0 Å². The van der Waals surface area contributed by atoms with Crippen LogP contribution in [0.4, 0.5) is 0 Å². The average Bonchev–Trinajstić information content (AvgIpc) is 2.23. The molecule has 0 amide bonds. The summed E-state index contributed by atoms with van der Waals surface area (Å²) in [7, 11) is 0. The second kappa shape index (κ2) is 7.39.